The molecule has 0 radical (unpaired) electrons. The molecule has 25 heavy (non-hydrogen) atoms. The Kier molecular flexibility index (Phi) is 6.85. The number of hydrogen-bond acceptors (Lipinski definition) is 4. The highest BCUT2D eigenvalue weighted by Crippen LogP contribution is 2.20. The van der Waals surface area contributed by atoms with Crippen molar-refractivity contribution < 1.29 is 14.4 Å². The number of anilines is 1. The van der Waals surface area contributed by atoms with Crippen LogP contribution in [-0.4, -0.2) is 23.5 Å². The number of hydrogen-bond donors (Lipinski definition) is 3. The molecular weight excluding hydrogens is 362 g/mol. The predicted molar refractivity (Wildman–Crippen MR) is 98.5 cm³/mol. The Morgan fingerprint density at radius 2 is 1.68 bits per heavy atom. The number of halogens is 1. The minimum atomic E-state index is -0.483. The lowest BCUT2D eigenvalue weighted by Gasteiger charge is -2.08. The molecule has 0 fully saturated rings. The molecule has 0 aliphatic rings. The summed E-state index contributed by atoms with van der Waals surface area (Å²) in [6.07, 6.45) is 0. The largest absolute Gasteiger partial charge is 0.326 e. The van der Waals surface area contributed by atoms with E-state index in [-0.39, 0.29) is 23.1 Å². The van der Waals surface area contributed by atoms with E-state index in [1.807, 2.05) is 0 Å². The van der Waals surface area contributed by atoms with Gasteiger partial charge in [0.15, 0.2) is 0 Å². The zero-order chi connectivity index (χ0) is 18.2. The standard InChI is InChI=1S/C17H16ClN3O3S/c1-11(22)19-12-6-8-13(9-7-12)25-10-16(23)20-21-17(24)14-4-2-3-5-15(14)18/h2-9H,10H2,1H3,(H,19,22)(H,20,23)(H,21,24). The van der Waals surface area contributed by atoms with Crippen LogP contribution in [0.25, 0.3) is 0 Å². The van der Waals surface area contributed by atoms with E-state index in [9.17, 15) is 14.4 Å². The van der Waals surface area contributed by atoms with Crippen LogP contribution in [0.3, 0.4) is 0 Å². The van der Waals surface area contributed by atoms with Crippen molar-refractivity contribution >= 4 is 46.8 Å². The number of rotatable bonds is 5. The van der Waals surface area contributed by atoms with Gasteiger partial charge in [0.2, 0.25) is 11.8 Å². The average Bonchev–Trinajstić information content (AvgIpc) is 2.59. The Morgan fingerprint density at radius 3 is 2.32 bits per heavy atom. The van der Waals surface area contributed by atoms with Gasteiger partial charge in [-0.1, -0.05) is 23.7 Å². The summed E-state index contributed by atoms with van der Waals surface area (Å²) in [6.45, 7) is 1.43. The Morgan fingerprint density at radius 1 is 1.00 bits per heavy atom. The molecule has 0 aliphatic heterocycles. The van der Waals surface area contributed by atoms with Crippen molar-refractivity contribution in [3.8, 4) is 0 Å². The summed E-state index contributed by atoms with van der Waals surface area (Å²) in [7, 11) is 0. The first-order valence-corrected chi connectivity index (χ1v) is 8.66. The minimum Gasteiger partial charge on any atom is -0.326 e. The monoisotopic (exact) mass is 377 g/mol. The molecule has 3 amide bonds. The van der Waals surface area contributed by atoms with Crippen LogP contribution in [0.2, 0.25) is 5.02 Å². The Labute approximate surface area is 154 Å². The van der Waals surface area contributed by atoms with Crippen LogP contribution >= 0.6 is 23.4 Å². The molecule has 2 rings (SSSR count). The van der Waals surface area contributed by atoms with Crippen molar-refractivity contribution in [1.29, 1.82) is 0 Å². The van der Waals surface area contributed by atoms with Crippen molar-refractivity contribution in [2.24, 2.45) is 0 Å². The molecule has 0 unspecified atom stereocenters. The fraction of sp³-hybridized carbons (Fsp3) is 0.118. The van der Waals surface area contributed by atoms with Crippen LogP contribution in [-0.2, 0) is 9.59 Å². The summed E-state index contributed by atoms with van der Waals surface area (Å²) in [5.41, 5.74) is 5.63. The fourth-order valence-electron chi connectivity index (χ4n) is 1.86. The summed E-state index contributed by atoms with van der Waals surface area (Å²) < 4.78 is 0. The van der Waals surface area contributed by atoms with Gasteiger partial charge in [-0.25, -0.2) is 0 Å². The first kappa shape index (κ1) is 18.8. The summed E-state index contributed by atoms with van der Waals surface area (Å²) in [4.78, 5) is 35.5. The van der Waals surface area contributed by atoms with Crippen molar-refractivity contribution in [1.82, 2.24) is 10.9 Å². The van der Waals surface area contributed by atoms with Gasteiger partial charge in [0.1, 0.15) is 0 Å². The Hall–Kier alpha value is -2.51. The van der Waals surface area contributed by atoms with Crippen LogP contribution in [0.4, 0.5) is 5.69 Å². The van der Waals surface area contributed by atoms with Gasteiger partial charge >= 0.3 is 0 Å². The van der Waals surface area contributed by atoms with E-state index in [0.717, 1.165) is 4.90 Å². The van der Waals surface area contributed by atoms with E-state index in [2.05, 4.69) is 16.2 Å². The SMILES string of the molecule is CC(=O)Nc1ccc(SCC(=O)NNC(=O)c2ccccc2Cl)cc1. The zero-order valence-corrected chi connectivity index (χ0v) is 14.9. The van der Waals surface area contributed by atoms with E-state index in [1.165, 1.54) is 18.7 Å². The van der Waals surface area contributed by atoms with Crippen molar-refractivity contribution in [2.45, 2.75) is 11.8 Å². The second-order valence-electron chi connectivity index (χ2n) is 4.98. The van der Waals surface area contributed by atoms with Crippen LogP contribution in [0.15, 0.2) is 53.4 Å². The molecule has 0 saturated carbocycles. The molecule has 3 N–H and O–H groups in total. The van der Waals surface area contributed by atoms with Gasteiger partial charge in [-0.15, -0.1) is 11.8 Å². The van der Waals surface area contributed by atoms with E-state index in [4.69, 9.17) is 11.6 Å². The van der Waals surface area contributed by atoms with Gasteiger partial charge in [0.25, 0.3) is 5.91 Å². The molecule has 0 saturated heterocycles. The molecule has 0 aromatic heterocycles. The van der Waals surface area contributed by atoms with Crippen LogP contribution in [0.5, 0.6) is 0 Å². The molecule has 130 valence electrons. The number of carbonyl (C=O) groups excluding carboxylic acids is 3. The van der Waals surface area contributed by atoms with Crippen LogP contribution in [0.1, 0.15) is 17.3 Å². The van der Waals surface area contributed by atoms with Gasteiger partial charge in [0, 0.05) is 17.5 Å². The predicted octanol–water partition coefficient (Wildman–Crippen LogP) is 2.85. The lowest BCUT2D eigenvalue weighted by molar-refractivity contribution is -0.119. The third kappa shape index (κ3) is 6.13. The van der Waals surface area contributed by atoms with E-state index >= 15 is 0 Å². The molecule has 0 aliphatic carbocycles. The molecule has 2 aromatic rings. The van der Waals surface area contributed by atoms with Gasteiger partial charge < -0.3 is 5.32 Å². The highest BCUT2D eigenvalue weighted by Gasteiger charge is 2.10. The number of nitrogens with one attached hydrogen (secondary N) is 3. The summed E-state index contributed by atoms with van der Waals surface area (Å²) >= 11 is 7.22. The third-order valence-electron chi connectivity index (χ3n) is 2.98. The summed E-state index contributed by atoms with van der Waals surface area (Å²) in [6, 6.07) is 13.7. The Bertz CT molecular complexity index is 781. The Balaban J connectivity index is 1.78. The minimum absolute atomic E-state index is 0.127. The molecule has 0 spiro atoms. The average molecular weight is 378 g/mol. The topological polar surface area (TPSA) is 87.3 Å². The highest BCUT2D eigenvalue weighted by molar-refractivity contribution is 8.00. The number of thioether (sulfide) groups is 1. The first-order valence-electron chi connectivity index (χ1n) is 7.30. The lowest BCUT2D eigenvalue weighted by Crippen LogP contribution is -2.42. The smallest absolute Gasteiger partial charge is 0.271 e. The quantitative estimate of drug-likeness (QED) is 0.552. The molecule has 2 aromatic carbocycles. The summed E-state index contributed by atoms with van der Waals surface area (Å²) in [5, 5.41) is 2.97. The van der Waals surface area contributed by atoms with E-state index in [1.54, 1.807) is 48.5 Å². The van der Waals surface area contributed by atoms with Gasteiger partial charge in [0.05, 0.1) is 16.3 Å². The number of hydrazine groups is 1. The van der Waals surface area contributed by atoms with Crippen LogP contribution < -0.4 is 16.2 Å². The van der Waals surface area contributed by atoms with E-state index in [0.29, 0.717) is 10.7 Å². The fourth-order valence-corrected chi connectivity index (χ4v) is 2.78. The van der Waals surface area contributed by atoms with Crippen molar-refractivity contribution in [3.63, 3.8) is 0 Å². The number of benzene rings is 2. The number of carbonyl (C=O) groups is 3. The second-order valence-corrected chi connectivity index (χ2v) is 6.43. The van der Waals surface area contributed by atoms with Crippen molar-refractivity contribution in [3.05, 3.63) is 59.1 Å². The zero-order valence-electron chi connectivity index (χ0n) is 13.3. The maximum Gasteiger partial charge on any atom is 0.271 e. The second kappa shape index (κ2) is 9.10. The maximum atomic E-state index is 11.9. The van der Waals surface area contributed by atoms with Gasteiger partial charge in [-0.3, -0.25) is 25.2 Å². The highest BCUT2D eigenvalue weighted by atomic mass is 35.5. The van der Waals surface area contributed by atoms with Gasteiger partial charge in [-0.2, -0.15) is 0 Å². The molecule has 6 nitrogen and oxygen atoms in total. The molecule has 0 atom stereocenters. The normalized spacial score (nSPS) is 10.0. The molecule has 8 heteroatoms. The molecule has 0 heterocycles. The van der Waals surface area contributed by atoms with Gasteiger partial charge in [-0.05, 0) is 36.4 Å². The number of amides is 3. The third-order valence-corrected chi connectivity index (χ3v) is 4.32. The van der Waals surface area contributed by atoms with E-state index < -0.39 is 5.91 Å². The van der Waals surface area contributed by atoms with Crippen LogP contribution in [0, 0.1) is 0 Å². The maximum absolute atomic E-state index is 11.9. The first-order chi connectivity index (χ1) is 12.0. The molecule has 0 bridgehead atoms. The lowest BCUT2D eigenvalue weighted by atomic mass is 10.2. The summed E-state index contributed by atoms with van der Waals surface area (Å²) in [5.74, 6) is -0.851. The van der Waals surface area contributed by atoms with Crippen molar-refractivity contribution in [2.75, 3.05) is 11.1 Å². The molecular formula is C17H16ClN3O3S.